The van der Waals surface area contributed by atoms with Crippen LogP contribution in [0.4, 0.5) is 0 Å². The van der Waals surface area contributed by atoms with Gasteiger partial charge in [0.2, 0.25) is 0 Å². The van der Waals surface area contributed by atoms with Crippen LogP contribution in [0.2, 0.25) is 0 Å². The number of carbonyl (C=O) groups is 1. The lowest BCUT2D eigenvalue weighted by Gasteiger charge is -2.22. The predicted octanol–water partition coefficient (Wildman–Crippen LogP) is 2.11. The van der Waals surface area contributed by atoms with E-state index >= 15 is 0 Å². The standard InChI is InChI=1S/C9H12O2S2/c1-9(6-12,8(10)11-2)7-4-3-5-13-7/h3-5,12H,6H2,1-2H3. The van der Waals surface area contributed by atoms with Crippen LogP contribution in [-0.2, 0) is 14.9 Å². The molecule has 0 aliphatic rings. The molecule has 0 radical (unpaired) electrons. The van der Waals surface area contributed by atoms with Crippen molar-refractivity contribution in [2.75, 3.05) is 12.9 Å². The largest absolute Gasteiger partial charge is 0.468 e. The first-order valence-corrected chi connectivity index (χ1v) is 5.39. The maximum Gasteiger partial charge on any atom is 0.317 e. The number of carbonyl (C=O) groups excluding carboxylic acids is 1. The Morgan fingerprint density at radius 1 is 1.77 bits per heavy atom. The van der Waals surface area contributed by atoms with Gasteiger partial charge in [-0.25, -0.2) is 0 Å². The topological polar surface area (TPSA) is 26.3 Å². The van der Waals surface area contributed by atoms with Crippen molar-refractivity contribution in [3.8, 4) is 0 Å². The predicted molar refractivity (Wildman–Crippen MR) is 57.5 cm³/mol. The van der Waals surface area contributed by atoms with Crippen molar-refractivity contribution in [3.63, 3.8) is 0 Å². The molecule has 0 aromatic carbocycles. The molecule has 0 N–H and O–H groups in total. The molecule has 0 saturated carbocycles. The van der Waals surface area contributed by atoms with Crippen LogP contribution in [-0.4, -0.2) is 18.8 Å². The Morgan fingerprint density at radius 3 is 2.85 bits per heavy atom. The van der Waals surface area contributed by atoms with Gasteiger partial charge in [-0.3, -0.25) is 4.79 Å². The number of hydrogen-bond acceptors (Lipinski definition) is 4. The van der Waals surface area contributed by atoms with Gasteiger partial charge in [-0.2, -0.15) is 12.6 Å². The molecular formula is C9H12O2S2. The van der Waals surface area contributed by atoms with Crippen LogP contribution < -0.4 is 0 Å². The third kappa shape index (κ3) is 1.89. The molecule has 0 aliphatic heterocycles. The fraction of sp³-hybridized carbons (Fsp3) is 0.444. The van der Waals surface area contributed by atoms with Crippen LogP contribution in [0, 0.1) is 0 Å². The van der Waals surface area contributed by atoms with Gasteiger partial charge < -0.3 is 4.74 Å². The second-order valence-electron chi connectivity index (χ2n) is 2.96. The Morgan fingerprint density at radius 2 is 2.46 bits per heavy atom. The summed E-state index contributed by atoms with van der Waals surface area (Å²) in [6.45, 7) is 1.84. The summed E-state index contributed by atoms with van der Waals surface area (Å²) in [5.74, 6) is 0.227. The van der Waals surface area contributed by atoms with Gasteiger partial charge in [0.15, 0.2) is 0 Å². The normalized spacial score (nSPS) is 15.0. The fourth-order valence-corrected chi connectivity index (χ4v) is 2.34. The minimum atomic E-state index is -0.605. The lowest BCUT2D eigenvalue weighted by atomic mass is 9.91. The third-order valence-electron chi connectivity index (χ3n) is 2.02. The molecule has 1 atom stereocenters. The summed E-state index contributed by atoms with van der Waals surface area (Å²) in [5.41, 5.74) is -0.605. The quantitative estimate of drug-likeness (QED) is 0.618. The molecule has 72 valence electrons. The van der Waals surface area contributed by atoms with Crippen LogP contribution in [0.5, 0.6) is 0 Å². The summed E-state index contributed by atoms with van der Waals surface area (Å²) >= 11 is 5.74. The van der Waals surface area contributed by atoms with Crippen LogP contribution in [0.3, 0.4) is 0 Å². The van der Waals surface area contributed by atoms with E-state index in [4.69, 9.17) is 4.74 Å². The molecule has 0 saturated heterocycles. The third-order valence-corrected chi connectivity index (χ3v) is 3.78. The molecule has 2 nitrogen and oxygen atoms in total. The smallest absolute Gasteiger partial charge is 0.317 e. The number of thiophene rings is 1. The van der Waals surface area contributed by atoms with Crippen LogP contribution >= 0.6 is 24.0 Å². The molecular weight excluding hydrogens is 204 g/mol. The average molecular weight is 216 g/mol. The molecule has 1 unspecified atom stereocenters. The monoisotopic (exact) mass is 216 g/mol. The number of thiol groups is 1. The fourth-order valence-electron chi connectivity index (χ4n) is 1.06. The highest BCUT2D eigenvalue weighted by molar-refractivity contribution is 7.80. The molecule has 0 amide bonds. The molecule has 0 aliphatic carbocycles. The van der Waals surface area contributed by atoms with Gasteiger partial charge >= 0.3 is 5.97 Å². The molecule has 0 bridgehead atoms. The number of methoxy groups -OCH3 is 1. The zero-order chi connectivity index (χ0) is 9.90. The zero-order valence-electron chi connectivity index (χ0n) is 7.61. The molecule has 0 spiro atoms. The summed E-state index contributed by atoms with van der Waals surface area (Å²) in [4.78, 5) is 12.5. The summed E-state index contributed by atoms with van der Waals surface area (Å²) in [6.07, 6.45) is 0. The van der Waals surface area contributed by atoms with Gasteiger partial charge in [0.05, 0.1) is 7.11 Å². The van der Waals surface area contributed by atoms with Crippen molar-refractivity contribution in [2.45, 2.75) is 12.3 Å². The SMILES string of the molecule is COC(=O)C(C)(CS)c1cccs1. The Bertz CT molecular complexity index is 282. The van der Waals surface area contributed by atoms with E-state index in [1.807, 2.05) is 24.4 Å². The molecule has 1 rings (SSSR count). The van der Waals surface area contributed by atoms with E-state index in [9.17, 15) is 4.79 Å². The van der Waals surface area contributed by atoms with E-state index in [2.05, 4.69) is 12.6 Å². The van der Waals surface area contributed by atoms with E-state index in [0.717, 1.165) is 4.88 Å². The van der Waals surface area contributed by atoms with Crippen LogP contribution in [0.15, 0.2) is 17.5 Å². The van der Waals surface area contributed by atoms with Gasteiger partial charge in [0, 0.05) is 10.6 Å². The van der Waals surface area contributed by atoms with Crippen molar-refractivity contribution in [3.05, 3.63) is 22.4 Å². The number of ether oxygens (including phenoxy) is 1. The Labute approximate surface area is 87.3 Å². The van der Waals surface area contributed by atoms with Crippen LogP contribution in [0.1, 0.15) is 11.8 Å². The van der Waals surface area contributed by atoms with Gasteiger partial charge in [0.25, 0.3) is 0 Å². The Hall–Kier alpha value is -0.480. The summed E-state index contributed by atoms with van der Waals surface area (Å²) < 4.78 is 4.75. The van der Waals surface area contributed by atoms with E-state index in [1.54, 1.807) is 11.3 Å². The molecule has 4 heteroatoms. The second-order valence-corrected chi connectivity index (χ2v) is 4.22. The van der Waals surface area contributed by atoms with E-state index < -0.39 is 5.41 Å². The van der Waals surface area contributed by atoms with Crippen molar-refractivity contribution >= 4 is 29.9 Å². The Kier molecular flexibility index (Phi) is 3.39. The van der Waals surface area contributed by atoms with Crippen molar-refractivity contribution < 1.29 is 9.53 Å². The van der Waals surface area contributed by atoms with Gasteiger partial charge in [0.1, 0.15) is 5.41 Å². The highest BCUT2D eigenvalue weighted by atomic mass is 32.1. The molecule has 1 heterocycles. The minimum Gasteiger partial charge on any atom is -0.468 e. The maximum absolute atomic E-state index is 11.5. The number of hydrogen-bond donors (Lipinski definition) is 1. The van der Waals surface area contributed by atoms with Crippen molar-refractivity contribution in [2.24, 2.45) is 0 Å². The summed E-state index contributed by atoms with van der Waals surface area (Å²) in [5, 5.41) is 1.94. The van der Waals surface area contributed by atoms with Gasteiger partial charge in [-0.05, 0) is 18.4 Å². The molecule has 1 aromatic heterocycles. The maximum atomic E-state index is 11.5. The van der Waals surface area contributed by atoms with E-state index in [-0.39, 0.29) is 5.97 Å². The second kappa shape index (κ2) is 4.15. The first kappa shape index (κ1) is 10.6. The highest BCUT2D eigenvalue weighted by Gasteiger charge is 2.35. The average Bonchev–Trinajstić information content (AvgIpc) is 2.68. The molecule has 13 heavy (non-hydrogen) atoms. The molecule has 0 fully saturated rings. The van der Waals surface area contributed by atoms with Gasteiger partial charge in [-0.15, -0.1) is 11.3 Å². The molecule has 1 aromatic rings. The Balaban J connectivity index is 3.01. The first-order chi connectivity index (χ1) is 6.15. The van der Waals surface area contributed by atoms with Crippen molar-refractivity contribution in [1.82, 2.24) is 0 Å². The van der Waals surface area contributed by atoms with E-state index in [0.29, 0.717) is 5.75 Å². The lowest BCUT2D eigenvalue weighted by Crippen LogP contribution is -2.34. The van der Waals surface area contributed by atoms with Gasteiger partial charge in [-0.1, -0.05) is 6.07 Å². The first-order valence-electron chi connectivity index (χ1n) is 3.88. The zero-order valence-corrected chi connectivity index (χ0v) is 9.32. The number of rotatable bonds is 3. The highest BCUT2D eigenvalue weighted by Crippen LogP contribution is 2.30. The summed E-state index contributed by atoms with van der Waals surface area (Å²) in [7, 11) is 1.40. The van der Waals surface area contributed by atoms with E-state index in [1.165, 1.54) is 7.11 Å². The number of esters is 1. The van der Waals surface area contributed by atoms with Crippen molar-refractivity contribution in [1.29, 1.82) is 0 Å². The van der Waals surface area contributed by atoms with Crippen LogP contribution in [0.25, 0.3) is 0 Å². The minimum absolute atomic E-state index is 0.232. The summed E-state index contributed by atoms with van der Waals surface area (Å²) in [6, 6.07) is 3.85. The lowest BCUT2D eigenvalue weighted by molar-refractivity contribution is -0.145.